The SMILES string of the molecule is CCn1c(=NC(=O)c2cc3ccccc3oc2=O)sc2c(OC)ccc(OC)c21. The highest BCUT2D eigenvalue weighted by Gasteiger charge is 2.17. The molecule has 2 aromatic carbocycles. The highest BCUT2D eigenvalue weighted by Crippen LogP contribution is 2.35. The molecule has 0 atom stereocenters. The van der Waals surface area contributed by atoms with Gasteiger partial charge in [0.1, 0.15) is 32.9 Å². The molecule has 0 unspecified atom stereocenters. The number of carbonyl (C=O) groups excluding carboxylic acids is 1. The zero-order valence-electron chi connectivity index (χ0n) is 16.1. The van der Waals surface area contributed by atoms with E-state index in [1.807, 2.05) is 23.6 Å². The summed E-state index contributed by atoms with van der Waals surface area (Å²) in [5, 5.41) is 0.661. The Labute approximate surface area is 169 Å². The largest absolute Gasteiger partial charge is 0.495 e. The fourth-order valence-corrected chi connectivity index (χ4v) is 4.39. The lowest BCUT2D eigenvalue weighted by Gasteiger charge is -2.08. The van der Waals surface area contributed by atoms with Gasteiger partial charge in [0.2, 0.25) is 0 Å². The van der Waals surface area contributed by atoms with Crippen LogP contribution in [-0.4, -0.2) is 24.7 Å². The van der Waals surface area contributed by atoms with Crippen LogP contribution < -0.4 is 19.9 Å². The summed E-state index contributed by atoms with van der Waals surface area (Å²) in [6, 6.07) is 12.2. The standard InChI is InChI=1S/C21H18N2O5S/c1-4-23-17-15(26-2)9-10-16(27-3)18(17)29-21(23)22-19(24)13-11-12-7-5-6-8-14(12)28-20(13)25/h5-11H,4H2,1-3H3. The Morgan fingerprint density at radius 2 is 1.86 bits per heavy atom. The van der Waals surface area contributed by atoms with Gasteiger partial charge >= 0.3 is 5.63 Å². The molecule has 7 nitrogen and oxygen atoms in total. The number of para-hydroxylation sites is 1. The van der Waals surface area contributed by atoms with Gasteiger partial charge in [-0.2, -0.15) is 4.99 Å². The van der Waals surface area contributed by atoms with Gasteiger partial charge < -0.3 is 18.5 Å². The highest BCUT2D eigenvalue weighted by molar-refractivity contribution is 7.16. The number of thiazole rings is 1. The molecule has 29 heavy (non-hydrogen) atoms. The number of aromatic nitrogens is 1. The number of aryl methyl sites for hydroxylation is 1. The van der Waals surface area contributed by atoms with Crippen LogP contribution in [0.2, 0.25) is 0 Å². The molecule has 0 aliphatic rings. The fraction of sp³-hybridized carbons (Fsp3) is 0.190. The summed E-state index contributed by atoms with van der Waals surface area (Å²) in [6.45, 7) is 2.50. The zero-order chi connectivity index (χ0) is 20.5. The molecule has 4 rings (SSSR count). The lowest BCUT2D eigenvalue weighted by molar-refractivity contribution is 0.0994. The molecule has 0 fully saturated rings. The topological polar surface area (TPSA) is 83.0 Å². The van der Waals surface area contributed by atoms with Crippen LogP contribution in [0, 0.1) is 0 Å². The maximum atomic E-state index is 12.8. The van der Waals surface area contributed by atoms with E-state index in [0.717, 1.165) is 10.2 Å². The summed E-state index contributed by atoms with van der Waals surface area (Å²) >= 11 is 1.30. The minimum absolute atomic E-state index is 0.109. The van der Waals surface area contributed by atoms with E-state index in [-0.39, 0.29) is 5.56 Å². The monoisotopic (exact) mass is 410 g/mol. The van der Waals surface area contributed by atoms with Crippen molar-refractivity contribution in [3.8, 4) is 11.5 Å². The lowest BCUT2D eigenvalue weighted by atomic mass is 10.2. The van der Waals surface area contributed by atoms with E-state index in [1.54, 1.807) is 38.5 Å². The Balaban J connectivity index is 1.94. The van der Waals surface area contributed by atoms with E-state index >= 15 is 0 Å². The van der Waals surface area contributed by atoms with Crippen molar-refractivity contribution in [3.63, 3.8) is 0 Å². The van der Waals surface area contributed by atoms with Crippen molar-refractivity contribution in [1.29, 1.82) is 0 Å². The summed E-state index contributed by atoms with van der Waals surface area (Å²) in [5.74, 6) is 0.654. The molecule has 0 radical (unpaired) electrons. The summed E-state index contributed by atoms with van der Waals surface area (Å²) in [5.41, 5.74) is 0.393. The van der Waals surface area contributed by atoms with Crippen molar-refractivity contribution < 1.29 is 18.7 Å². The van der Waals surface area contributed by atoms with Crippen LogP contribution in [0.4, 0.5) is 0 Å². The third-order valence-electron chi connectivity index (χ3n) is 4.58. The van der Waals surface area contributed by atoms with Crippen molar-refractivity contribution >= 4 is 38.4 Å². The molecule has 0 aliphatic heterocycles. The molecule has 0 N–H and O–H groups in total. The van der Waals surface area contributed by atoms with Crippen LogP contribution in [0.25, 0.3) is 21.2 Å². The van der Waals surface area contributed by atoms with Gasteiger partial charge in [-0.3, -0.25) is 4.79 Å². The first-order chi connectivity index (χ1) is 14.1. The molecule has 0 saturated carbocycles. The van der Waals surface area contributed by atoms with Crippen molar-refractivity contribution in [2.24, 2.45) is 4.99 Å². The third kappa shape index (κ3) is 3.21. The first-order valence-corrected chi connectivity index (χ1v) is 9.75. The quantitative estimate of drug-likeness (QED) is 0.480. The molecule has 8 heteroatoms. The van der Waals surface area contributed by atoms with Crippen molar-refractivity contribution in [2.75, 3.05) is 14.2 Å². The van der Waals surface area contributed by atoms with Crippen LogP contribution in [0.3, 0.4) is 0 Å². The molecule has 0 spiro atoms. The maximum Gasteiger partial charge on any atom is 0.349 e. The first kappa shape index (κ1) is 18.9. The summed E-state index contributed by atoms with van der Waals surface area (Å²) in [6.07, 6.45) is 0. The average Bonchev–Trinajstić information content (AvgIpc) is 3.10. The minimum atomic E-state index is -0.711. The van der Waals surface area contributed by atoms with Gasteiger partial charge in [-0.05, 0) is 31.2 Å². The van der Waals surface area contributed by atoms with E-state index in [9.17, 15) is 9.59 Å². The van der Waals surface area contributed by atoms with Crippen LogP contribution >= 0.6 is 11.3 Å². The number of ether oxygens (including phenoxy) is 2. The molecule has 2 aromatic heterocycles. The maximum absolute atomic E-state index is 12.8. The van der Waals surface area contributed by atoms with Crippen molar-refractivity contribution in [1.82, 2.24) is 4.57 Å². The van der Waals surface area contributed by atoms with Crippen molar-refractivity contribution in [2.45, 2.75) is 13.5 Å². The number of benzene rings is 2. The Morgan fingerprint density at radius 1 is 1.14 bits per heavy atom. The fourth-order valence-electron chi connectivity index (χ4n) is 3.19. The molecular formula is C21H18N2O5S. The number of rotatable bonds is 4. The minimum Gasteiger partial charge on any atom is -0.495 e. The van der Waals surface area contributed by atoms with Gasteiger partial charge in [0.25, 0.3) is 5.91 Å². The van der Waals surface area contributed by atoms with Gasteiger partial charge in [-0.15, -0.1) is 0 Å². The Morgan fingerprint density at radius 3 is 2.59 bits per heavy atom. The van der Waals surface area contributed by atoms with E-state index in [1.165, 1.54) is 17.4 Å². The van der Waals surface area contributed by atoms with Crippen LogP contribution in [0.1, 0.15) is 17.3 Å². The van der Waals surface area contributed by atoms with Crippen LogP contribution in [-0.2, 0) is 6.54 Å². The molecule has 0 aliphatic carbocycles. The zero-order valence-corrected chi connectivity index (χ0v) is 16.9. The molecule has 4 aromatic rings. The normalized spacial score (nSPS) is 11.9. The lowest BCUT2D eigenvalue weighted by Crippen LogP contribution is -2.19. The summed E-state index contributed by atoms with van der Waals surface area (Å²) in [7, 11) is 3.17. The van der Waals surface area contributed by atoms with E-state index in [4.69, 9.17) is 13.9 Å². The summed E-state index contributed by atoms with van der Waals surface area (Å²) < 4.78 is 18.9. The van der Waals surface area contributed by atoms with Gasteiger partial charge in [0.05, 0.1) is 14.2 Å². The van der Waals surface area contributed by atoms with E-state index < -0.39 is 11.5 Å². The van der Waals surface area contributed by atoms with Crippen LogP contribution in [0.15, 0.2) is 56.7 Å². The summed E-state index contributed by atoms with van der Waals surface area (Å²) in [4.78, 5) is 29.8. The molecule has 2 heterocycles. The predicted molar refractivity (Wildman–Crippen MR) is 111 cm³/mol. The molecule has 0 bridgehead atoms. The number of carbonyl (C=O) groups is 1. The second-order valence-electron chi connectivity index (χ2n) is 6.18. The Kier molecular flexibility index (Phi) is 4.94. The number of amides is 1. The number of hydrogen-bond donors (Lipinski definition) is 0. The second kappa shape index (κ2) is 7.56. The van der Waals surface area contributed by atoms with Gasteiger partial charge in [-0.1, -0.05) is 29.5 Å². The average molecular weight is 410 g/mol. The van der Waals surface area contributed by atoms with Gasteiger partial charge in [-0.25, -0.2) is 4.79 Å². The molecule has 1 amide bonds. The van der Waals surface area contributed by atoms with E-state index in [2.05, 4.69) is 4.99 Å². The highest BCUT2D eigenvalue weighted by atomic mass is 32.1. The molecule has 0 saturated heterocycles. The Hall–Kier alpha value is -3.39. The smallest absolute Gasteiger partial charge is 0.349 e. The predicted octanol–water partition coefficient (Wildman–Crippen LogP) is 3.59. The second-order valence-corrected chi connectivity index (χ2v) is 7.16. The van der Waals surface area contributed by atoms with Crippen molar-refractivity contribution in [3.05, 3.63) is 63.2 Å². The third-order valence-corrected chi connectivity index (χ3v) is 5.67. The molecular weight excluding hydrogens is 392 g/mol. The number of hydrogen-bond acceptors (Lipinski definition) is 6. The van der Waals surface area contributed by atoms with Crippen LogP contribution in [0.5, 0.6) is 11.5 Å². The number of nitrogens with zero attached hydrogens (tertiary/aromatic N) is 2. The van der Waals surface area contributed by atoms with E-state index in [0.29, 0.717) is 33.8 Å². The van der Waals surface area contributed by atoms with Gasteiger partial charge in [0.15, 0.2) is 4.80 Å². The van der Waals surface area contributed by atoms with Gasteiger partial charge in [0, 0.05) is 11.9 Å². The number of methoxy groups -OCH3 is 2. The first-order valence-electron chi connectivity index (χ1n) is 8.93. The Bertz CT molecular complexity index is 1360. The number of fused-ring (bicyclic) bond motifs is 2. The molecule has 148 valence electrons.